The molecular weight excluding hydrogens is 255 g/mol. The van der Waals surface area contributed by atoms with Crippen molar-refractivity contribution in [1.29, 1.82) is 0 Å². The third kappa shape index (κ3) is 16.0. The Labute approximate surface area is 117 Å². The van der Waals surface area contributed by atoms with Gasteiger partial charge in [-0.05, 0) is 12.8 Å². The number of ether oxygens (including phenoxy) is 1. The Balaban J connectivity index is 0. The summed E-state index contributed by atoms with van der Waals surface area (Å²) in [5.41, 5.74) is 0. The monoisotopic (exact) mass is 283 g/mol. The minimum absolute atomic E-state index is 0. The van der Waals surface area contributed by atoms with Crippen LogP contribution in [-0.4, -0.2) is 12.6 Å². The van der Waals surface area contributed by atoms with Gasteiger partial charge in [0.1, 0.15) is 0 Å². The molecule has 0 unspecified atom stereocenters. The zero-order valence-electron chi connectivity index (χ0n) is 11.5. The third-order valence-corrected chi connectivity index (χ3v) is 2.75. The van der Waals surface area contributed by atoms with Crippen molar-refractivity contribution in [2.45, 2.75) is 78.1 Å². The first-order valence-corrected chi connectivity index (χ1v) is 6.96. The van der Waals surface area contributed by atoms with Crippen molar-refractivity contribution in [1.82, 2.24) is 0 Å². The molecule has 0 aliphatic heterocycles. The largest absolute Gasteiger partial charge is 0.466 e. The molecule has 0 aliphatic rings. The van der Waals surface area contributed by atoms with Gasteiger partial charge in [-0.3, -0.25) is 4.79 Å². The Bertz CT molecular complexity index is 144. The molecule has 0 spiro atoms. The molecule has 3 heteroatoms. The molecule has 0 atom stereocenters. The standard InChI is InChI=1S/C14H28O2.Mn/c1-3-5-7-9-10-12-14(15)16-13-11-8-6-4-2;/h3-13H2,1-2H3;. The van der Waals surface area contributed by atoms with Crippen molar-refractivity contribution < 1.29 is 26.6 Å². The van der Waals surface area contributed by atoms with Crippen LogP contribution < -0.4 is 0 Å². The van der Waals surface area contributed by atoms with E-state index in [2.05, 4.69) is 13.8 Å². The van der Waals surface area contributed by atoms with Crippen LogP contribution in [0.5, 0.6) is 0 Å². The normalized spacial score (nSPS) is 9.76. The van der Waals surface area contributed by atoms with Crippen LogP contribution >= 0.6 is 0 Å². The molecular formula is C14H28MnO2. The van der Waals surface area contributed by atoms with E-state index in [1.54, 1.807) is 0 Å². The molecule has 0 aromatic carbocycles. The predicted molar refractivity (Wildman–Crippen MR) is 68.5 cm³/mol. The third-order valence-electron chi connectivity index (χ3n) is 2.75. The van der Waals surface area contributed by atoms with Crippen LogP contribution in [0, 0.1) is 0 Å². The Morgan fingerprint density at radius 2 is 1.35 bits per heavy atom. The molecule has 103 valence electrons. The number of carbonyl (C=O) groups excluding carboxylic acids is 1. The second-order valence-electron chi connectivity index (χ2n) is 4.45. The maximum Gasteiger partial charge on any atom is 0.305 e. The second kappa shape index (κ2) is 16.0. The first-order chi connectivity index (χ1) is 7.81. The second-order valence-corrected chi connectivity index (χ2v) is 4.45. The maximum absolute atomic E-state index is 11.3. The van der Waals surface area contributed by atoms with Crippen LogP contribution in [0.15, 0.2) is 0 Å². The van der Waals surface area contributed by atoms with Gasteiger partial charge in [-0.15, -0.1) is 0 Å². The Hall–Kier alpha value is -0.0105. The van der Waals surface area contributed by atoms with Gasteiger partial charge in [0.2, 0.25) is 0 Å². The fraction of sp³-hybridized carbons (Fsp3) is 0.929. The van der Waals surface area contributed by atoms with E-state index in [1.165, 1.54) is 44.9 Å². The van der Waals surface area contributed by atoms with Crippen LogP contribution in [0.25, 0.3) is 0 Å². The zero-order chi connectivity index (χ0) is 12.1. The molecule has 0 aromatic rings. The van der Waals surface area contributed by atoms with Gasteiger partial charge in [-0.25, -0.2) is 0 Å². The van der Waals surface area contributed by atoms with Crippen molar-refractivity contribution >= 4 is 5.97 Å². The molecule has 0 N–H and O–H groups in total. The SMILES string of the molecule is CCCCCCCC(=O)OCCCCCC.[Mn]. The van der Waals surface area contributed by atoms with Crippen LogP contribution in [0.1, 0.15) is 78.1 Å². The van der Waals surface area contributed by atoms with E-state index in [9.17, 15) is 4.79 Å². The molecule has 0 fully saturated rings. The number of unbranched alkanes of at least 4 members (excludes halogenated alkanes) is 7. The van der Waals surface area contributed by atoms with E-state index in [-0.39, 0.29) is 23.0 Å². The summed E-state index contributed by atoms with van der Waals surface area (Å²) in [5, 5.41) is 0. The van der Waals surface area contributed by atoms with Gasteiger partial charge in [-0.2, -0.15) is 0 Å². The first kappa shape index (κ1) is 19.3. The Morgan fingerprint density at radius 1 is 0.824 bits per heavy atom. The van der Waals surface area contributed by atoms with Gasteiger partial charge >= 0.3 is 5.97 Å². The molecule has 0 bridgehead atoms. The van der Waals surface area contributed by atoms with Gasteiger partial charge in [0.05, 0.1) is 6.61 Å². The van der Waals surface area contributed by atoms with Crippen LogP contribution in [0.3, 0.4) is 0 Å². The fourth-order valence-corrected chi connectivity index (χ4v) is 1.66. The Morgan fingerprint density at radius 3 is 1.94 bits per heavy atom. The summed E-state index contributed by atoms with van der Waals surface area (Å²) in [6.45, 7) is 5.00. The minimum atomic E-state index is -0.00648. The number of esters is 1. The number of hydrogen-bond donors (Lipinski definition) is 0. The molecule has 0 saturated heterocycles. The van der Waals surface area contributed by atoms with Gasteiger partial charge in [-0.1, -0.05) is 58.8 Å². The van der Waals surface area contributed by atoms with Crippen molar-refractivity contribution in [3.63, 3.8) is 0 Å². The average Bonchev–Trinajstić information content (AvgIpc) is 2.28. The van der Waals surface area contributed by atoms with Crippen LogP contribution in [-0.2, 0) is 26.6 Å². The van der Waals surface area contributed by atoms with Crippen molar-refractivity contribution in [2.24, 2.45) is 0 Å². The first-order valence-electron chi connectivity index (χ1n) is 6.96. The van der Waals surface area contributed by atoms with Crippen LogP contribution in [0.2, 0.25) is 0 Å². The molecule has 1 radical (unpaired) electrons. The predicted octanol–water partition coefficient (Wildman–Crippen LogP) is 4.47. The van der Waals surface area contributed by atoms with Gasteiger partial charge in [0.25, 0.3) is 0 Å². The number of rotatable bonds is 11. The summed E-state index contributed by atoms with van der Waals surface area (Å²) in [5.74, 6) is -0.00648. The minimum Gasteiger partial charge on any atom is -0.466 e. The van der Waals surface area contributed by atoms with Crippen molar-refractivity contribution in [3.8, 4) is 0 Å². The summed E-state index contributed by atoms with van der Waals surface area (Å²) in [7, 11) is 0. The molecule has 0 aliphatic carbocycles. The summed E-state index contributed by atoms with van der Waals surface area (Å²) in [6, 6.07) is 0. The molecule has 0 aromatic heterocycles. The number of hydrogen-bond acceptors (Lipinski definition) is 2. The number of carbonyl (C=O) groups is 1. The average molecular weight is 283 g/mol. The molecule has 2 nitrogen and oxygen atoms in total. The topological polar surface area (TPSA) is 26.3 Å². The molecule has 17 heavy (non-hydrogen) atoms. The maximum atomic E-state index is 11.3. The molecule has 0 rings (SSSR count). The molecule has 0 saturated carbocycles. The summed E-state index contributed by atoms with van der Waals surface area (Å²) >= 11 is 0. The van der Waals surface area contributed by atoms with E-state index in [1.807, 2.05) is 0 Å². The van der Waals surface area contributed by atoms with E-state index in [0.717, 1.165) is 12.8 Å². The van der Waals surface area contributed by atoms with Crippen molar-refractivity contribution in [3.05, 3.63) is 0 Å². The van der Waals surface area contributed by atoms with E-state index < -0.39 is 0 Å². The Kier molecular flexibility index (Phi) is 18.2. The summed E-state index contributed by atoms with van der Waals surface area (Å²) < 4.78 is 5.16. The zero-order valence-corrected chi connectivity index (χ0v) is 12.7. The van der Waals surface area contributed by atoms with E-state index in [4.69, 9.17) is 4.74 Å². The van der Waals surface area contributed by atoms with Gasteiger partial charge < -0.3 is 4.74 Å². The quantitative estimate of drug-likeness (QED) is 0.318. The van der Waals surface area contributed by atoms with E-state index >= 15 is 0 Å². The summed E-state index contributed by atoms with van der Waals surface area (Å²) in [6.07, 6.45) is 11.2. The van der Waals surface area contributed by atoms with Crippen molar-refractivity contribution in [2.75, 3.05) is 6.61 Å². The molecule has 0 heterocycles. The van der Waals surface area contributed by atoms with Gasteiger partial charge in [0.15, 0.2) is 0 Å². The van der Waals surface area contributed by atoms with Crippen LogP contribution in [0.4, 0.5) is 0 Å². The smallest absolute Gasteiger partial charge is 0.305 e. The molecule has 0 amide bonds. The fourth-order valence-electron chi connectivity index (χ4n) is 1.66. The van der Waals surface area contributed by atoms with Gasteiger partial charge in [0, 0.05) is 23.5 Å². The van der Waals surface area contributed by atoms with E-state index in [0.29, 0.717) is 13.0 Å². The summed E-state index contributed by atoms with van der Waals surface area (Å²) in [4.78, 5) is 11.3.